The molecule has 1 aromatic rings. The van der Waals surface area contributed by atoms with Crippen LogP contribution in [0.25, 0.3) is 0 Å². The van der Waals surface area contributed by atoms with E-state index in [1.807, 2.05) is 6.07 Å². The molecule has 2 bridgehead atoms. The predicted molar refractivity (Wildman–Crippen MR) is 76.5 cm³/mol. The number of thiophene rings is 1. The summed E-state index contributed by atoms with van der Waals surface area (Å²) in [5, 5.41) is 19.6. The highest BCUT2D eigenvalue weighted by Crippen LogP contribution is 2.46. The lowest BCUT2D eigenvalue weighted by Crippen LogP contribution is -2.45. The molecule has 1 aromatic heterocycles. The third kappa shape index (κ3) is 1.84. The van der Waals surface area contributed by atoms with Crippen LogP contribution in [0.5, 0.6) is 0 Å². The Balaban J connectivity index is 2.07. The molecule has 0 spiro atoms. The van der Waals surface area contributed by atoms with Crippen molar-refractivity contribution in [3.8, 4) is 6.07 Å². The lowest BCUT2D eigenvalue weighted by atomic mass is 9.99. The van der Waals surface area contributed by atoms with E-state index in [0.29, 0.717) is 22.7 Å². The largest absolute Gasteiger partial charge is 0.396 e. The summed E-state index contributed by atoms with van der Waals surface area (Å²) in [5.74, 6) is -0.597. The van der Waals surface area contributed by atoms with E-state index in [9.17, 15) is 9.90 Å². The maximum absolute atomic E-state index is 11.7. The van der Waals surface area contributed by atoms with Crippen molar-refractivity contribution >= 4 is 27.9 Å². The number of piperidine rings is 1. The summed E-state index contributed by atoms with van der Waals surface area (Å²) >= 11 is 1.23. The standard InChI is InChI=1S/C13H16N4O2S/c14-5-9-11(15)10(12(16)19)13(20-9)17-6-1-2-7(17)4-8(18)3-6/h6-8,18H,1-4,15H2,(H2,16,19). The summed E-state index contributed by atoms with van der Waals surface area (Å²) in [6, 6.07) is 2.42. The molecule has 2 unspecified atom stereocenters. The Bertz CT molecular complexity index is 592. The fourth-order valence-electron chi connectivity index (χ4n) is 3.41. The highest BCUT2D eigenvalue weighted by atomic mass is 32.1. The van der Waals surface area contributed by atoms with Gasteiger partial charge in [0, 0.05) is 12.1 Å². The Morgan fingerprint density at radius 1 is 1.40 bits per heavy atom. The number of hydrogen-bond donors (Lipinski definition) is 3. The van der Waals surface area contributed by atoms with E-state index >= 15 is 0 Å². The van der Waals surface area contributed by atoms with E-state index < -0.39 is 5.91 Å². The first-order valence-corrected chi connectivity index (χ1v) is 7.43. The number of carbonyl (C=O) groups is 1. The molecule has 0 aromatic carbocycles. The van der Waals surface area contributed by atoms with Crippen LogP contribution in [-0.2, 0) is 0 Å². The predicted octanol–water partition coefficient (Wildman–Crippen LogP) is 0.793. The van der Waals surface area contributed by atoms with Crippen molar-refractivity contribution in [2.75, 3.05) is 10.6 Å². The fraction of sp³-hybridized carbons (Fsp3) is 0.538. The van der Waals surface area contributed by atoms with E-state index in [1.54, 1.807) is 0 Å². The summed E-state index contributed by atoms with van der Waals surface area (Å²) in [4.78, 5) is 14.2. The third-order valence-electron chi connectivity index (χ3n) is 4.22. The first kappa shape index (κ1) is 13.2. The highest BCUT2D eigenvalue weighted by Gasteiger charge is 2.42. The average molecular weight is 292 g/mol. The van der Waals surface area contributed by atoms with Crippen molar-refractivity contribution in [3.63, 3.8) is 0 Å². The van der Waals surface area contributed by atoms with Gasteiger partial charge in [0.25, 0.3) is 5.91 Å². The molecule has 2 aliphatic heterocycles. The number of nitrogens with zero attached hydrogens (tertiary/aromatic N) is 2. The molecule has 0 saturated carbocycles. The number of nitrogen functional groups attached to an aromatic ring is 1. The molecule has 0 radical (unpaired) electrons. The first-order valence-electron chi connectivity index (χ1n) is 6.61. The number of nitriles is 1. The van der Waals surface area contributed by atoms with Crippen molar-refractivity contribution < 1.29 is 9.90 Å². The molecular weight excluding hydrogens is 276 g/mol. The molecule has 2 aliphatic rings. The Morgan fingerprint density at radius 2 is 2.00 bits per heavy atom. The lowest BCUT2D eigenvalue weighted by Gasteiger charge is -2.38. The van der Waals surface area contributed by atoms with Crippen LogP contribution in [-0.4, -0.2) is 29.2 Å². The number of aliphatic hydroxyl groups is 1. The molecule has 2 fully saturated rings. The van der Waals surface area contributed by atoms with Gasteiger partial charge in [0.1, 0.15) is 15.9 Å². The van der Waals surface area contributed by atoms with Gasteiger partial charge in [0.2, 0.25) is 0 Å². The summed E-state index contributed by atoms with van der Waals surface area (Å²) in [6.45, 7) is 0. The number of primary amides is 1. The zero-order chi connectivity index (χ0) is 14.4. The number of amides is 1. The molecule has 3 rings (SSSR count). The van der Waals surface area contributed by atoms with Crippen molar-refractivity contribution in [3.05, 3.63) is 10.4 Å². The van der Waals surface area contributed by atoms with Gasteiger partial charge in [-0.05, 0) is 25.7 Å². The van der Waals surface area contributed by atoms with E-state index in [0.717, 1.165) is 12.8 Å². The molecule has 106 valence electrons. The minimum absolute atomic E-state index is 0.186. The molecule has 0 aliphatic carbocycles. The molecule has 3 heterocycles. The van der Waals surface area contributed by atoms with Crippen LogP contribution < -0.4 is 16.4 Å². The molecule has 2 saturated heterocycles. The normalized spacial score (nSPS) is 28.4. The lowest BCUT2D eigenvalue weighted by molar-refractivity contribution is 0.100. The van der Waals surface area contributed by atoms with E-state index in [1.165, 1.54) is 11.3 Å². The Hall–Kier alpha value is -1.78. The van der Waals surface area contributed by atoms with Crippen LogP contribution in [0.3, 0.4) is 0 Å². The second-order valence-corrected chi connectivity index (χ2v) is 6.42. The summed E-state index contributed by atoms with van der Waals surface area (Å²) < 4.78 is 0. The second kappa shape index (κ2) is 4.65. The smallest absolute Gasteiger partial charge is 0.253 e. The van der Waals surface area contributed by atoms with Crippen molar-refractivity contribution in [1.29, 1.82) is 5.26 Å². The SMILES string of the molecule is N#Cc1sc(N2C3CCC2CC(O)C3)c(C(N)=O)c1N. The van der Waals surface area contributed by atoms with Crippen LogP contribution in [0.15, 0.2) is 0 Å². The van der Waals surface area contributed by atoms with Crippen molar-refractivity contribution in [1.82, 2.24) is 0 Å². The van der Waals surface area contributed by atoms with Crippen molar-refractivity contribution in [2.24, 2.45) is 5.73 Å². The van der Waals surface area contributed by atoms with Crippen LogP contribution in [0.2, 0.25) is 0 Å². The van der Waals surface area contributed by atoms with Gasteiger partial charge < -0.3 is 21.5 Å². The van der Waals surface area contributed by atoms with Gasteiger partial charge in [-0.15, -0.1) is 11.3 Å². The third-order valence-corrected chi connectivity index (χ3v) is 5.34. The van der Waals surface area contributed by atoms with Crippen LogP contribution in [0, 0.1) is 11.3 Å². The summed E-state index contributed by atoms with van der Waals surface area (Å²) in [6.07, 6.45) is 3.07. The number of fused-ring (bicyclic) bond motifs is 2. The van der Waals surface area contributed by atoms with Gasteiger partial charge in [-0.25, -0.2) is 0 Å². The van der Waals surface area contributed by atoms with Gasteiger partial charge >= 0.3 is 0 Å². The zero-order valence-corrected chi connectivity index (χ0v) is 11.7. The number of aliphatic hydroxyl groups excluding tert-OH is 1. The zero-order valence-electron chi connectivity index (χ0n) is 10.9. The van der Waals surface area contributed by atoms with Crippen LogP contribution >= 0.6 is 11.3 Å². The van der Waals surface area contributed by atoms with Gasteiger partial charge in [-0.1, -0.05) is 0 Å². The molecule has 6 nitrogen and oxygen atoms in total. The minimum Gasteiger partial charge on any atom is -0.396 e. The average Bonchev–Trinajstić information content (AvgIpc) is 2.84. The topological polar surface area (TPSA) is 116 Å². The van der Waals surface area contributed by atoms with Crippen LogP contribution in [0.4, 0.5) is 10.7 Å². The molecule has 20 heavy (non-hydrogen) atoms. The van der Waals surface area contributed by atoms with Crippen molar-refractivity contribution in [2.45, 2.75) is 43.9 Å². The quantitative estimate of drug-likeness (QED) is 0.745. The number of hydrogen-bond acceptors (Lipinski definition) is 6. The van der Waals surface area contributed by atoms with Gasteiger partial charge in [-0.2, -0.15) is 5.26 Å². The maximum Gasteiger partial charge on any atom is 0.253 e. The van der Waals surface area contributed by atoms with Gasteiger partial charge in [-0.3, -0.25) is 4.79 Å². The number of rotatable bonds is 2. The van der Waals surface area contributed by atoms with E-state index in [2.05, 4.69) is 4.90 Å². The Labute approximate surface area is 120 Å². The summed E-state index contributed by atoms with van der Waals surface area (Å²) in [5.41, 5.74) is 11.8. The summed E-state index contributed by atoms with van der Waals surface area (Å²) in [7, 11) is 0. The first-order chi connectivity index (χ1) is 9.52. The maximum atomic E-state index is 11.7. The molecule has 2 atom stereocenters. The molecular formula is C13H16N4O2S. The monoisotopic (exact) mass is 292 g/mol. The Kier molecular flexibility index (Phi) is 3.07. The number of nitrogens with two attached hydrogens (primary N) is 2. The second-order valence-electron chi connectivity index (χ2n) is 5.42. The fourth-order valence-corrected chi connectivity index (χ4v) is 4.58. The van der Waals surface area contributed by atoms with Crippen LogP contribution in [0.1, 0.15) is 40.9 Å². The molecule has 7 heteroatoms. The van der Waals surface area contributed by atoms with E-state index in [-0.39, 0.29) is 29.4 Å². The van der Waals surface area contributed by atoms with E-state index in [4.69, 9.17) is 16.7 Å². The Morgan fingerprint density at radius 3 is 2.50 bits per heavy atom. The highest BCUT2D eigenvalue weighted by molar-refractivity contribution is 7.17. The number of carbonyl (C=O) groups excluding carboxylic acids is 1. The van der Waals surface area contributed by atoms with Gasteiger partial charge in [0.15, 0.2) is 0 Å². The molecule has 5 N–H and O–H groups in total. The van der Waals surface area contributed by atoms with Gasteiger partial charge in [0.05, 0.1) is 17.4 Å². The minimum atomic E-state index is -0.597. The number of anilines is 2. The molecule has 1 amide bonds.